The number of hydrogen-bond donors (Lipinski definition) is 2. The fraction of sp³-hybridized carbons (Fsp3) is 0.480. The number of hydrogen-bond acceptors (Lipinski definition) is 9. The predicted molar refractivity (Wildman–Crippen MR) is 130 cm³/mol. The number of nitrogens with zero attached hydrogens (tertiary/aromatic N) is 6. The van der Waals surface area contributed by atoms with E-state index in [9.17, 15) is 5.11 Å². The lowest BCUT2D eigenvalue weighted by Gasteiger charge is -2.50. The normalized spacial score (nSPS) is 26.1. The van der Waals surface area contributed by atoms with Crippen molar-refractivity contribution in [3.8, 4) is 33.6 Å². The van der Waals surface area contributed by atoms with Gasteiger partial charge in [0.25, 0.3) is 0 Å². The zero-order valence-electron chi connectivity index (χ0n) is 19.1. The number of nitriles is 1. The average molecular weight is 474 g/mol. The molecule has 1 saturated carbocycles. The molecule has 6 rings (SSSR count). The molecule has 2 aromatic heterocycles. The van der Waals surface area contributed by atoms with Crippen molar-refractivity contribution in [2.75, 3.05) is 4.90 Å². The van der Waals surface area contributed by atoms with E-state index < -0.39 is 0 Å². The van der Waals surface area contributed by atoms with Gasteiger partial charge in [0.1, 0.15) is 22.5 Å². The number of fused-ring (bicyclic) bond motifs is 2. The van der Waals surface area contributed by atoms with Crippen molar-refractivity contribution in [3.05, 3.63) is 35.5 Å². The van der Waals surface area contributed by atoms with Gasteiger partial charge in [0.15, 0.2) is 5.69 Å². The minimum Gasteiger partial charge on any atom is -0.507 e. The maximum atomic E-state index is 10.7. The van der Waals surface area contributed by atoms with E-state index in [1.165, 1.54) is 43.4 Å². The zero-order valence-corrected chi connectivity index (χ0v) is 19.9. The summed E-state index contributed by atoms with van der Waals surface area (Å²) in [5.74, 6) is 0.788. The molecule has 0 amide bonds. The Labute approximate surface area is 202 Å². The molecule has 2 aliphatic heterocycles. The van der Waals surface area contributed by atoms with Gasteiger partial charge in [-0.3, -0.25) is 0 Å². The lowest BCUT2D eigenvalue weighted by molar-refractivity contribution is 0.138. The van der Waals surface area contributed by atoms with Crippen LogP contribution in [0.5, 0.6) is 5.75 Å². The minimum absolute atomic E-state index is 0.0909. The van der Waals surface area contributed by atoms with Crippen molar-refractivity contribution in [3.63, 3.8) is 0 Å². The largest absolute Gasteiger partial charge is 0.507 e. The molecule has 34 heavy (non-hydrogen) atoms. The molecule has 0 radical (unpaired) electrons. The van der Waals surface area contributed by atoms with Crippen LogP contribution in [-0.2, 0) is 0 Å². The molecule has 1 aliphatic carbocycles. The summed E-state index contributed by atoms with van der Waals surface area (Å²) in [4.78, 5) is 11.4. The third-order valence-corrected chi connectivity index (χ3v) is 8.22. The summed E-state index contributed by atoms with van der Waals surface area (Å²) in [6.45, 7) is 2.36. The highest BCUT2D eigenvalue weighted by atomic mass is 32.1. The van der Waals surface area contributed by atoms with Crippen LogP contribution in [0.4, 0.5) is 5.95 Å². The van der Waals surface area contributed by atoms with Crippen LogP contribution in [0.3, 0.4) is 0 Å². The monoisotopic (exact) mass is 473 g/mol. The van der Waals surface area contributed by atoms with Gasteiger partial charge < -0.3 is 15.3 Å². The molecule has 174 valence electrons. The lowest BCUT2D eigenvalue weighted by atomic mass is 9.75. The number of aromatic nitrogens is 4. The smallest absolute Gasteiger partial charge is 0.245 e. The van der Waals surface area contributed by atoms with Crippen molar-refractivity contribution < 1.29 is 5.11 Å². The number of piperidine rings is 2. The Morgan fingerprint density at radius 3 is 2.79 bits per heavy atom. The lowest BCUT2D eigenvalue weighted by Crippen LogP contribution is -2.61. The molecule has 3 atom stereocenters. The number of nitrogens with one attached hydrogen (secondary N) is 1. The van der Waals surface area contributed by atoms with Gasteiger partial charge in [-0.1, -0.05) is 12.5 Å². The summed E-state index contributed by atoms with van der Waals surface area (Å²) in [6.07, 6.45) is 10.1. The highest BCUT2D eigenvalue weighted by Crippen LogP contribution is 2.41. The fourth-order valence-corrected chi connectivity index (χ4v) is 6.43. The van der Waals surface area contributed by atoms with Gasteiger partial charge in [0, 0.05) is 40.2 Å². The first-order valence-electron chi connectivity index (χ1n) is 12.0. The number of anilines is 1. The standard InChI is InChI=1S/C25H27N7OS/c1-25-8-2-3-16(29-25)10-19(11-25)32(18-5-6-18)24-27-13-21(30-31-24)20-7-4-15(9-22(20)33)23-28-17(12-26)14-34-23/h4,7,9,13-14,16,18-19,29,33H,2-3,5-6,8,10-11H2,1H3/t16?,19-,25+/m0/s1. The van der Waals surface area contributed by atoms with Gasteiger partial charge in [0.2, 0.25) is 5.95 Å². The third kappa shape index (κ3) is 4.01. The molecule has 2 N–H and O–H groups in total. The van der Waals surface area contributed by atoms with Gasteiger partial charge in [0.05, 0.1) is 6.20 Å². The number of benzene rings is 1. The maximum Gasteiger partial charge on any atom is 0.245 e. The zero-order chi connectivity index (χ0) is 23.3. The molecule has 3 aromatic rings. The quantitative estimate of drug-likeness (QED) is 0.565. The summed E-state index contributed by atoms with van der Waals surface area (Å²) in [6, 6.07) is 8.87. The first-order chi connectivity index (χ1) is 16.5. The number of phenolic OH excluding ortho intramolecular Hbond substituents is 1. The van der Waals surface area contributed by atoms with Gasteiger partial charge in [-0.2, -0.15) is 5.26 Å². The highest BCUT2D eigenvalue weighted by Gasteiger charge is 2.45. The van der Waals surface area contributed by atoms with E-state index in [1.54, 1.807) is 23.7 Å². The van der Waals surface area contributed by atoms with E-state index in [1.807, 2.05) is 12.1 Å². The van der Waals surface area contributed by atoms with Crippen molar-refractivity contribution in [2.45, 2.75) is 75.5 Å². The molecular weight excluding hydrogens is 446 g/mol. The van der Waals surface area contributed by atoms with Gasteiger partial charge in [-0.05, 0) is 57.6 Å². The summed E-state index contributed by atoms with van der Waals surface area (Å²) < 4.78 is 0. The average Bonchev–Trinajstić information content (AvgIpc) is 3.53. The Hall–Kier alpha value is -3.09. The molecule has 9 heteroatoms. The van der Waals surface area contributed by atoms with Crippen molar-refractivity contribution >= 4 is 17.3 Å². The predicted octanol–water partition coefficient (Wildman–Crippen LogP) is 4.27. The van der Waals surface area contributed by atoms with Crippen LogP contribution in [-0.4, -0.2) is 48.9 Å². The maximum absolute atomic E-state index is 10.7. The highest BCUT2D eigenvalue weighted by molar-refractivity contribution is 7.13. The van der Waals surface area contributed by atoms with Crippen LogP contribution in [0.1, 0.15) is 57.6 Å². The Bertz CT molecular complexity index is 1250. The van der Waals surface area contributed by atoms with Gasteiger partial charge >= 0.3 is 0 Å². The van der Waals surface area contributed by atoms with E-state index >= 15 is 0 Å². The number of thiazole rings is 1. The topological polar surface area (TPSA) is 111 Å². The van der Waals surface area contributed by atoms with E-state index in [0.717, 1.165) is 18.4 Å². The minimum atomic E-state index is 0.0909. The van der Waals surface area contributed by atoms with Crippen LogP contribution in [0, 0.1) is 11.3 Å². The van der Waals surface area contributed by atoms with E-state index in [4.69, 9.17) is 10.2 Å². The van der Waals surface area contributed by atoms with Gasteiger partial charge in [-0.25, -0.2) is 9.97 Å². The van der Waals surface area contributed by atoms with Crippen LogP contribution in [0.25, 0.3) is 21.8 Å². The Kier molecular flexibility index (Phi) is 5.23. The molecule has 0 spiro atoms. The molecule has 4 heterocycles. The van der Waals surface area contributed by atoms with E-state index in [2.05, 4.69) is 32.3 Å². The van der Waals surface area contributed by atoms with Crippen LogP contribution in [0.2, 0.25) is 0 Å². The van der Waals surface area contributed by atoms with Gasteiger partial charge in [-0.15, -0.1) is 21.5 Å². The molecule has 2 bridgehead atoms. The van der Waals surface area contributed by atoms with Crippen LogP contribution < -0.4 is 10.2 Å². The first-order valence-corrected chi connectivity index (χ1v) is 12.8. The molecular formula is C25H27N7OS. The molecule has 8 nitrogen and oxygen atoms in total. The summed E-state index contributed by atoms with van der Waals surface area (Å²) in [5.41, 5.74) is 2.45. The van der Waals surface area contributed by atoms with Crippen LogP contribution in [0.15, 0.2) is 29.8 Å². The van der Waals surface area contributed by atoms with Crippen LogP contribution >= 0.6 is 11.3 Å². The molecule has 2 saturated heterocycles. The fourth-order valence-electron chi connectivity index (χ4n) is 5.68. The second kappa shape index (κ2) is 8.29. The second-order valence-electron chi connectivity index (χ2n) is 10.1. The van der Waals surface area contributed by atoms with Crippen molar-refractivity contribution in [1.29, 1.82) is 5.26 Å². The Morgan fingerprint density at radius 2 is 2.12 bits per heavy atom. The molecule has 1 aromatic carbocycles. The first kappa shape index (κ1) is 21.4. The van der Waals surface area contributed by atoms with Crippen molar-refractivity contribution in [1.82, 2.24) is 25.5 Å². The number of rotatable bonds is 5. The van der Waals surface area contributed by atoms with Crippen molar-refractivity contribution in [2.24, 2.45) is 0 Å². The molecule has 1 unspecified atom stereocenters. The Morgan fingerprint density at radius 1 is 1.24 bits per heavy atom. The number of phenols is 1. The summed E-state index contributed by atoms with van der Waals surface area (Å²) in [5, 5.41) is 34.9. The SMILES string of the molecule is C[C@@]12CCCC(C[C@H](N(c3ncc(-c4ccc(-c5nc(C#N)cs5)cc4O)nn3)C3CC3)C1)N2. The van der Waals surface area contributed by atoms with E-state index in [-0.39, 0.29) is 11.3 Å². The Balaban J connectivity index is 1.25. The van der Waals surface area contributed by atoms with E-state index in [0.29, 0.717) is 46.0 Å². The second-order valence-corrected chi connectivity index (χ2v) is 10.9. The third-order valence-electron chi connectivity index (χ3n) is 7.33. The molecule has 3 aliphatic rings. The molecule has 3 fully saturated rings. The summed E-state index contributed by atoms with van der Waals surface area (Å²) >= 11 is 1.38. The summed E-state index contributed by atoms with van der Waals surface area (Å²) in [7, 11) is 0. The number of aromatic hydroxyl groups is 1.